The first-order valence-electron chi connectivity index (χ1n) is 11.3. The molecule has 1 fully saturated rings. The smallest absolute Gasteiger partial charge is 0.325 e. The summed E-state index contributed by atoms with van der Waals surface area (Å²) in [5, 5.41) is 1.23. The summed E-state index contributed by atoms with van der Waals surface area (Å²) in [6.45, 7) is 9.77. The molecule has 3 heterocycles. The topological polar surface area (TPSA) is 50.6 Å². The summed E-state index contributed by atoms with van der Waals surface area (Å²) >= 11 is 0. The van der Waals surface area contributed by atoms with Gasteiger partial charge in [-0.2, -0.15) is 0 Å². The van der Waals surface area contributed by atoms with Crippen LogP contribution in [0.15, 0.2) is 48.7 Å². The largest absolute Gasteiger partial charge is 0.465 e. The lowest BCUT2D eigenvalue weighted by Gasteiger charge is -2.35. The van der Waals surface area contributed by atoms with Crippen LogP contribution in [0, 0.1) is 0 Å². The van der Waals surface area contributed by atoms with E-state index in [1.54, 1.807) is 0 Å². The summed E-state index contributed by atoms with van der Waals surface area (Å²) in [6.07, 6.45) is 4.06. The minimum atomic E-state index is -0.188. The number of pyridine rings is 1. The Labute approximate surface area is 184 Å². The Hall–Kier alpha value is -2.86. The lowest BCUT2D eigenvalue weighted by atomic mass is 10.1. The van der Waals surface area contributed by atoms with Crippen molar-refractivity contribution in [3.63, 3.8) is 0 Å². The van der Waals surface area contributed by atoms with Gasteiger partial charge in [-0.25, -0.2) is 4.98 Å². The summed E-state index contributed by atoms with van der Waals surface area (Å²) in [4.78, 5) is 21.7. The maximum Gasteiger partial charge on any atom is 0.325 e. The highest BCUT2D eigenvalue weighted by molar-refractivity contribution is 5.85. The molecule has 0 atom stereocenters. The first-order chi connectivity index (χ1) is 15.2. The number of para-hydroxylation sites is 1. The SMILES string of the molecule is CCOC(=O)Cn1cc(CCN2CCN(c3cccc(CC)n3)CC2)c2ccccc21. The molecule has 1 aliphatic rings. The number of carbonyl (C=O) groups excluding carboxylic acids is 1. The zero-order chi connectivity index (χ0) is 21.6. The van der Waals surface area contributed by atoms with Crippen LogP contribution in [0.1, 0.15) is 25.1 Å². The normalized spacial score (nSPS) is 14.8. The van der Waals surface area contributed by atoms with Crippen molar-refractivity contribution < 1.29 is 9.53 Å². The number of hydrogen-bond donors (Lipinski definition) is 0. The van der Waals surface area contributed by atoms with Crippen LogP contribution in [0.3, 0.4) is 0 Å². The molecule has 3 aromatic rings. The number of piperazine rings is 1. The first kappa shape index (κ1) is 21.4. The maximum atomic E-state index is 12.0. The van der Waals surface area contributed by atoms with Gasteiger partial charge in [0.2, 0.25) is 0 Å². The third kappa shape index (κ3) is 5.07. The number of esters is 1. The van der Waals surface area contributed by atoms with Crippen molar-refractivity contribution in [2.45, 2.75) is 33.2 Å². The van der Waals surface area contributed by atoms with Gasteiger partial charge in [-0.15, -0.1) is 0 Å². The molecule has 1 saturated heterocycles. The third-order valence-electron chi connectivity index (χ3n) is 6.02. The highest BCUT2D eigenvalue weighted by atomic mass is 16.5. The highest BCUT2D eigenvalue weighted by Crippen LogP contribution is 2.23. The van der Waals surface area contributed by atoms with Crippen LogP contribution in [0.2, 0.25) is 0 Å². The molecule has 2 aromatic heterocycles. The van der Waals surface area contributed by atoms with Crippen molar-refractivity contribution in [2.24, 2.45) is 0 Å². The third-order valence-corrected chi connectivity index (χ3v) is 6.02. The number of aromatic nitrogens is 2. The van der Waals surface area contributed by atoms with Crippen LogP contribution < -0.4 is 4.90 Å². The van der Waals surface area contributed by atoms with Crippen LogP contribution in [0.5, 0.6) is 0 Å². The molecule has 1 aromatic carbocycles. The summed E-state index contributed by atoms with van der Waals surface area (Å²) < 4.78 is 7.16. The number of carbonyl (C=O) groups is 1. The van der Waals surface area contributed by atoms with Gasteiger partial charge >= 0.3 is 5.97 Å². The fraction of sp³-hybridized carbons (Fsp3) is 0.440. The molecular weight excluding hydrogens is 388 g/mol. The Kier molecular flexibility index (Phi) is 6.87. The van der Waals surface area contributed by atoms with E-state index in [2.05, 4.69) is 59.3 Å². The van der Waals surface area contributed by atoms with Gasteiger partial charge in [-0.05, 0) is 43.5 Å². The van der Waals surface area contributed by atoms with Gasteiger partial charge in [0.05, 0.1) is 6.61 Å². The van der Waals surface area contributed by atoms with E-state index in [0.29, 0.717) is 6.61 Å². The lowest BCUT2D eigenvalue weighted by molar-refractivity contribution is -0.143. The number of benzene rings is 1. The zero-order valence-corrected chi connectivity index (χ0v) is 18.6. The monoisotopic (exact) mass is 420 g/mol. The Morgan fingerprint density at radius 2 is 1.84 bits per heavy atom. The average molecular weight is 421 g/mol. The summed E-state index contributed by atoms with van der Waals surface area (Å²) in [5.74, 6) is 0.910. The average Bonchev–Trinajstić information content (AvgIpc) is 3.15. The summed E-state index contributed by atoms with van der Waals surface area (Å²) in [6, 6.07) is 14.6. The second-order valence-corrected chi connectivity index (χ2v) is 8.02. The van der Waals surface area contributed by atoms with Crippen LogP contribution in [0.25, 0.3) is 10.9 Å². The molecule has 1 aliphatic heterocycles. The molecule has 31 heavy (non-hydrogen) atoms. The molecule has 0 unspecified atom stereocenters. The van der Waals surface area contributed by atoms with E-state index >= 15 is 0 Å². The molecule has 164 valence electrons. The molecule has 0 saturated carbocycles. The predicted octanol–water partition coefficient (Wildman–Crippen LogP) is 3.53. The fourth-order valence-electron chi connectivity index (χ4n) is 4.32. The van der Waals surface area contributed by atoms with Crippen molar-refractivity contribution in [3.05, 3.63) is 59.9 Å². The second kappa shape index (κ2) is 9.96. The summed E-state index contributed by atoms with van der Waals surface area (Å²) in [5.41, 5.74) is 3.54. The van der Waals surface area contributed by atoms with E-state index in [-0.39, 0.29) is 12.5 Å². The molecule has 4 rings (SSSR count). The van der Waals surface area contributed by atoms with Gasteiger partial charge in [-0.3, -0.25) is 9.69 Å². The summed E-state index contributed by atoms with van der Waals surface area (Å²) in [7, 11) is 0. The number of aryl methyl sites for hydroxylation is 1. The minimum Gasteiger partial charge on any atom is -0.465 e. The van der Waals surface area contributed by atoms with Gasteiger partial charge in [0.1, 0.15) is 12.4 Å². The van der Waals surface area contributed by atoms with Gasteiger partial charge in [0.25, 0.3) is 0 Å². The number of fused-ring (bicyclic) bond motifs is 1. The van der Waals surface area contributed by atoms with E-state index in [0.717, 1.165) is 62.6 Å². The molecule has 0 spiro atoms. The van der Waals surface area contributed by atoms with Crippen molar-refractivity contribution in [1.82, 2.24) is 14.5 Å². The van der Waals surface area contributed by atoms with Crippen LogP contribution >= 0.6 is 0 Å². The minimum absolute atomic E-state index is 0.188. The quantitative estimate of drug-likeness (QED) is 0.522. The molecular formula is C25H32N4O2. The van der Waals surface area contributed by atoms with Crippen LogP contribution in [-0.2, 0) is 28.9 Å². The Balaban J connectivity index is 1.37. The van der Waals surface area contributed by atoms with Crippen molar-refractivity contribution in [1.29, 1.82) is 0 Å². The number of rotatable bonds is 8. The van der Waals surface area contributed by atoms with Gasteiger partial charge in [0.15, 0.2) is 0 Å². The van der Waals surface area contributed by atoms with E-state index in [4.69, 9.17) is 9.72 Å². The molecule has 6 nitrogen and oxygen atoms in total. The van der Waals surface area contributed by atoms with Crippen molar-refractivity contribution in [2.75, 3.05) is 44.2 Å². The van der Waals surface area contributed by atoms with Crippen molar-refractivity contribution in [3.8, 4) is 0 Å². The molecule has 0 aliphatic carbocycles. The standard InChI is InChI=1S/C25H32N4O2/c1-3-21-8-7-11-24(26-21)28-16-14-27(15-17-28)13-12-20-18-29(19-25(30)31-4-2)23-10-6-5-9-22(20)23/h5-11,18H,3-4,12-17,19H2,1-2H3. The van der Waals surface area contributed by atoms with Crippen molar-refractivity contribution >= 4 is 22.7 Å². The molecule has 0 amide bonds. The van der Waals surface area contributed by atoms with Crippen LogP contribution in [-0.4, -0.2) is 59.8 Å². The number of hydrogen-bond acceptors (Lipinski definition) is 5. The zero-order valence-electron chi connectivity index (χ0n) is 18.6. The number of nitrogens with zero attached hydrogens (tertiary/aromatic N) is 4. The number of ether oxygens (including phenoxy) is 1. The van der Waals surface area contributed by atoms with Gasteiger partial charge in [-0.1, -0.05) is 31.2 Å². The van der Waals surface area contributed by atoms with E-state index in [1.165, 1.54) is 10.9 Å². The molecule has 0 radical (unpaired) electrons. The molecule has 0 bridgehead atoms. The van der Waals surface area contributed by atoms with Gasteiger partial charge < -0.3 is 14.2 Å². The Morgan fingerprint density at radius 3 is 2.61 bits per heavy atom. The maximum absolute atomic E-state index is 12.0. The van der Waals surface area contributed by atoms with E-state index in [9.17, 15) is 4.79 Å². The molecule has 6 heteroatoms. The Bertz CT molecular complexity index is 1020. The van der Waals surface area contributed by atoms with E-state index < -0.39 is 0 Å². The lowest BCUT2D eigenvalue weighted by Crippen LogP contribution is -2.47. The van der Waals surface area contributed by atoms with E-state index in [1.807, 2.05) is 17.6 Å². The van der Waals surface area contributed by atoms with Gasteiger partial charge in [0, 0.05) is 55.5 Å². The second-order valence-electron chi connectivity index (χ2n) is 8.02. The fourth-order valence-corrected chi connectivity index (χ4v) is 4.32. The Morgan fingerprint density at radius 1 is 1.03 bits per heavy atom. The number of anilines is 1. The highest BCUT2D eigenvalue weighted by Gasteiger charge is 2.19. The first-order valence-corrected chi connectivity index (χ1v) is 11.3. The molecule has 0 N–H and O–H groups in total. The van der Waals surface area contributed by atoms with Crippen LogP contribution in [0.4, 0.5) is 5.82 Å². The predicted molar refractivity (Wildman–Crippen MR) is 125 cm³/mol.